The highest BCUT2D eigenvalue weighted by Crippen LogP contribution is 2.48. The summed E-state index contributed by atoms with van der Waals surface area (Å²) in [6, 6.07) is 10.7. The Hall–Kier alpha value is -1.88. The summed E-state index contributed by atoms with van der Waals surface area (Å²) in [7, 11) is 3.75. The molecule has 1 spiro atoms. The molecule has 5 heteroatoms. The van der Waals surface area contributed by atoms with Crippen molar-refractivity contribution in [3.05, 3.63) is 35.9 Å². The summed E-state index contributed by atoms with van der Waals surface area (Å²) in [4.78, 5) is 25.6. The number of likely N-dealkylation sites (tertiary alicyclic amines) is 1. The topological polar surface area (TPSA) is 69.6 Å². The van der Waals surface area contributed by atoms with E-state index in [4.69, 9.17) is 0 Å². The fraction of sp³-hybridized carbons (Fsp3) is 0.652. The highest BCUT2D eigenvalue weighted by molar-refractivity contribution is 5.79. The highest BCUT2D eigenvalue weighted by Gasteiger charge is 2.45. The highest BCUT2D eigenvalue weighted by atomic mass is 16.4. The Morgan fingerprint density at radius 1 is 1.21 bits per heavy atom. The van der Waals surface area contributed by atoms with Crippen molar-refractivity contribution in [2.75, 3.05) is 27.2 Å². The number of nitrogens with one attached hydrogen (secondary N) is 1. The summed E-state index contributed by atoms with van der Waals surface area (Å²) in [5, 5.41) is 12.0. The van der Waals surface area contributed by atoms with Crippen LogP contribution in [0.15, 0.2) is 30.3 Å². The molecule has 0 unspecified atom stereocenters. The molecule has 156 valence electrons. The molecule has 0 aromatic heterocycles. The molecule has 3 rings (SSSR count). The second-order valence-electron chi connectivity index (χ2n) is 9.12. The van der Waals surface area contributed by atoms with Gasteiger partial charge in [-0.25, -0.2) is 0 Å². The summed E-state index contributed by atoms with van der Waals surface area (Å²) in [5.41, 5.74) is 0.762. The van der Waals surface area contributed by atoms with Crippen molar-refractivity contribution < 1.29 is 14.7 Å². The van der Waals surface area contributed by atoms with Crippen molar-refractivity contribution in [2.24, 2.45) is 10.8 Å². The van der Waals surface area contributed by atoms with Crippen molar-refractivity contribution in [3.8, 4) is 0 Å². The molecule has 0 bridgehead atoms. The summed E-state index contributed by atoms with van der Waals surface area (Å²) < 4.78 is 0. The third-order valence-electron chi connectivity index (χ3n) is 6.31. The first-order valence-corrected chi connectivity index (χ1v) is 10.4. The van der Waals surface area contributed by atoms with E-state index in [1.54, 1.807) is 13.8 Å². The van der Waals surface area contributed by atoms with E-state index in [1.807, 2.05) is 19.0 Å². The first kappa shape index (κ1) is 22.4. The van der Waals surface area contributed by atoms with E-state index in [0.717, 1.165) is 32.2 Å². The van der Waals surface area contributed by atoms with Gasteiger partial charge in [0.2, 0.25) is 5.91 Å². The second kappa shape index (κ2) is 9.55. The first-order chi connectivity index (χ1) is 13.2. The maximum Gasteiger partial charge on any atom is 0.309 e. The second-order valence-corrected chi connectivity index (χ2v) is 9.12. The van der Waals surface area contributed by atoms with Crippen LogP contribution in [0, 0.1) is 10.8 Å². The minimum atomic E-state index is -0.794. The van der Waals surface area contributed by atoms with Crippen molar-refractivity contribution >= 4 is 11.9 Å². The number of carboxylic acid groups (broad SMARTS) is 1. The monoisotopic (exact) mass is 388 g/mol. The molecule has 5 nitrogen and oxygen atoms in total. The third-order valence-corrected chi connectivity index (χ3v) is 6.31. The molecule has 1 aromatic carbocycles. The van der Waals surface area contributed by atoms with Crippen LogP contribution < -0.4 is 5.32 Å². The normalized spacial score (nSPS) is 24.8. The molecule has 28 heavy (non-hydrogen) atoms. The minimum absolute atomic E-state index is 0.121. The Morgan fingerprint density at radius 3 is 2.32 bits per heavy atom. The maximum atomic E-state index is 12.5. The predicted octanol–water partition coefficient (Wildman–Crippen LogP) is 3.90. The molecule has 1 aliphatic carbocycles. The Morgan fingerprint density at radius 2 is 1.79 bits per heavy atom. The van der Waals surface area contributed by atoms with E-state index >= 15 is 0 Å². The Kier molecular flexibility index (Phi) is 7.64. The van der Waals surface area contributed by atoms with Gasteiger partial charge in [0.05, 0.1) is 5.41 Å². The summed E-state index contributed by atoms with van der Waals surface area (Å²) in [5.74, 6) is 0.0264. The largest absolute Gasteiger partial charge is 0.481 e. The van der Waals surface area contributed by atoms with Gasteiger partial charge in [0.25, 0.3) is 0 Å². The van der Waals surface area contributed by atoms with E-state index in [0.29, 0.717) is 25.3 Å². The van der Waals surface area contributed by atoms with Crippen LogP contribution in [0.3, 0.4) is 0 Å². The van der Waals surface area contributed by atoms with Gasteiger partial charge in [0, 0.05) is 19.5 Å². The summed E-state index contributed by atoms with van der Waals surface area (Å²) in [6.07, 6.45) is 5.63. The van der Waals surface area contributed by atoms with Crippen LogP contribution in [0.2, 0.25) is 0 Å². The molecule has 2 fully saturated rings. The van der Waals surface area contributed by atoms with Crippen LogP contribution in [0.4, 0.5) is 0 Å². The predicted molar refractivity (Wildman–Crippen MR) is 112 cm³/mol. The fourth-order valence-corrected chi connectivity index (χ4v) is 4.33. The number of carboxylic acids is 1. The van der Waals surface area contributed by atoms with E-state index in [2.05, 4.69) is 35.6 Å². The number of carbonyl (C=O) groups is 2. The lowest BCUT2D eigenvalue weighted by molar-refractivity contribution is -0.148. The van der Waals surface area contributed by atoms with Crippen LogP contribution in [-0.2, 0) is 9.59 Å². The summed E-state index contributed by atoms with van der Waals surface area (Å²) in [6.45, 7) is 4.83. The molecule has 2 N–H and O–H groups in total. The lowest BCUT2D eigenvalue weighted by Gasteiger charge is -2.37. The number of carbonyl (C=O) groups excluding carboxylic acids is 1. The van der Waals surface area contributed by atoms with Crippen LogP contribution in [-0.4, -0.2) is 49.1 Å². The zero-order valence-corrected chi connectivity index (χ0v) is 17.8. The quantitative estimate of drug-likeness (QED) is 0.803. The van der Waals surface area contributed by atoms with E-state index in [9.17, 15) is 14.7 Å². The average Bonchev–Trinajstić information content (AvgIpc) is 2.97. The molecule has 1 aromatic rings. The standard InChI is InChI=1S/C21H29NO3.C2H7N/c1-20(2,19(24)25)12-13-22-15-21(14-18(22)23)10-8-17(9-11-21)16-6-4-3-5-7-16;1-3-2/h3-7,17H,8-15H2,1-2H3,(H,24,25);3H,1-2H3. The van der Waals surface area contributed by atoms with E-state index in [1.165, 1.54) is 5.56 Å². The van der Waals surface area contributed by atoms with Crippen LogP contribution >= 0.6 is 0 Å². The third kappa shape index (κ3) is 5.57. The first-order valence-electron chi connectivity index (χ1n) is 10.4. The lowest BCUT2D eigenvalue weighted by atomic mass is 9.68. The van der Waals surface area contributed by atoms with E-state index < -0.39 is 11.4 Å². The van der Waals surface area contributed by atoms with Crippen LogP contribution in [0.5, 0.6) is 0 Å². The van der Waals surface area contributed by atoms with Gasteiger partial charge in [-0.3, -0.25) is 9.59 Å². The number of rotatable bonds is 5. The SMILES string of the molecule is CC(C)(CCN1CC2(CCC(c3ccccc3)CC2)CC1=O)C(=O)O.CNC. The lowest BCUT2D eigenvalue weighted by Crippen LogP contribution is -2.35. The van der Waals surface area contributed by atoms with Crippen molar-refractivity contribution in [1.82, 2.24) is 10.2 Å². The van der Waals surface area contributed by atoms with Gasteiger partial charge in [-0.15, -0.1) is 0 Å². The summed E-state index contributed by atoms with van der Waals surface area (Å²) >= 11 is 0. The fourth-order valence-electron chi connectivity index (χ4n) is 4.33. The van der Waals surface area contributed by atoms with Crippen LogP contribution in [0.25, 0.3) is 0 Å². The van der Waals surface area contributed by atoms with Gasteiger partial charge in [-0.05, 0) is 76.9 Å². The smallest absolute Gasteiger partial charge is 0.309 e. The van der Waals surface area contributed by atoms with E-state index in [-0.39, 0.29) is 11.3 Å². The molecule has 1 heterocycles. The van der Waals surface area contributed by atoms with Crippen molar-refractivity contribution in [2.45, 2.75) is 58.3 Å². The van der Waals surface area contributed by atoms with Gasteiger partial charge in [0.1, 0.15) is 0 Å². The Labute approximate surface area is 169 Å². The minimum Gasteiger partial charge on any atom is -0.481 e. The zero-order valence-electron chi connectivity index (χ0n) is 17.8. The molecule has 1 saturated carbocycles. The number of hydrogen-bond acceptors (Lipinski definition) is 3. The number of benzene rings is 1. The molecule has 1 aliphatic heterocycles. The Bertz CT molecular complexity index is 649. The molecular weight excluding hydrogens is 352 g/mol. The molecule has 0 atom stereocenters. The van der Waals surface area contributed by atoms with Gasteiger partial charge in [0.15, 0.2) is 0 Å². The van der Waals surface area contributed by atoms with Crippen molar-refractivity contribution in [3.63, 3.8) is 0 Å². The molecule has 1 amide bonds. The molecular formula is C23H36N2O3. The number of hydrogen-bond donors (Lipinski definition) is 2. The van der Waals surface area contributed by atoms with Gasteiger partial charge in [-0.2, -0.15) is 0 Å². The number of aliphatic carboxylic acids is 1. The molecule has 2 aliphatic rings. The van der Waals surface area contributed by atoms with Crippen LogP contribution in [0.1, 0.15) is 63.9 Å². The molecule has 0 radical (unpaired) electrons. The van der Waals surface area contributed by atoms with Crippen molar-refractivity contribution in [1.29, 1.82) is 0 Å². The zero-order chi connectivity index (χ0) is 20.8. The molecule has 1 saturated heterocycles. The Balaban J connectivity index is 0.000000878. The number of nitrogens with zero attached hydrogens (tertiary/aromatic N) is 1. The number of amides is 1. The average molecular weight is 389 g/mol. The van der Waals surface area contributed by atoms with Gasteiger partial charge >= 0.3 is 5.97 Å². The maximum absolute atomic E-state index is 12.5. The van der Waals surface area contributed by atoms with Gasteiger partial charge < -0.3 is 15.3 Å². The van der Waals surface area contributed by atoms with Gasteiger partial charge in [-0.1, -0.05) is 30.3 Å².